The van der Waals surface area contributed by atoms with Gasteiger partial charge in [0.15, 0.2) is 11.5 Å². The molecule has 0 spiro atoms. The Morgan fingerprint density at radius 3 is 2.84 bits per heavy atom. The predicted octanol–water partition coefficient (Wildman–Crippen LogP) is 3.05. The minimum atomic E-state index is -0.0479. The summed E-state index contributed by atoms with van der Waals surface area (Å²) in [5.41, 5.74) is 2.22. The van der Waals surface area contributed by atoms with Crippen molar-refractivity contribution in [2.45, 2.75) is 6.42 Å². The fourth-order valence-electron chi connectivity index (χ4n) is 2.46. The van der Waals surface area contributed by atoms with E-state index in [-0.39, 0.29) is 5.84 Å². The molecule has 3 N–H and O–H groups in total. The Labute approximate surface area is 153 Å². The molecule has 0 saturated heterocycles. The maximum absolute atomic E-state index is 10.4. The molecule has 3 rings (SSSR count). The number of amidine groups is 1. The molecule has 0 atom stereocenters. The Hall–Kier alpha value is -2.29. The van der Waals surface area contributed by atoms with Crippen LogP contribution in [-0.4, -0.2) is 51.5 Å². The number of hydroxylamine groups is 1. The summed E-state index contributed by atoms with van der Waals surface area (Å²) < 4.78 is 0.823. The topological polar surface area (TPSA) is 92.1 Å². The molecule has 0 radical (unpaired) electrons. The molecular formula is C17H19BrN6O. The summed E-state index contributed by atoms with van der Waals surface area (Å²) in [6, 6.07) is 8.82. The summed E-state index contributed by atoms with van der Waals surface area (Å²) in [7, 11) is 4.01. The van der Waals surface area contributed by atoms with E-state index >= 15 is 0 Å². The fourth-order valence-corrected chi connectivity index (χ4v) is 2.84. The van der Waals surface area contributed by atoms with E-state index in [9.17, 15) is 5.21 Å². The Morgan fingerprint density at radius 1 is 1.32 bits per heavy atom. The van der Waals surface area contributed by atoms with E-state index in [0.29, 0.717) is 22.4 Å². The third-order valence-corrected chi connectivity index (χ3v) is 4.25. The van der Waals surface area contributed by atoms with E-state index in [1.807, 2.05) is 20.2 Å². The highest BCUT2D eigenvalue weighted by Crippen LogP contribution is 2.22. The number of likely N-dealkylation sites (N-methyl/N-ethyl adjacent to an activating group) is 1. The van der Waals surface area contributed by atoms with Gasteiger partial charge in [0.1, 0.15) is 5.82 Å². The van der Waals surface area contributed by atoms with Crippen molar-refractivity contribution in [3.63, 3.8) is 0 Å². The quantitative estimate of drug-likeness (QED) is 0.346. The van der Waals surface area contributed by atoms with Crippen LogP contribution in [0.25, 0.3) is 11.2 Å². The summed E-state index contributed by atoms with van der Waals surface area (Å²) >= 11 is 3.37. The number of nitrogens with one attached hydrogen (secondary N) is 2. The molecule has 130 valence electrons. The van der Waals surface area contributed by atoms with Crippen molar-refractivity contribution >= 4 is 38.6 Å². The number of imidazole rings is 1. The lowest BCUT2D eigenvalue weighted by molar-refractivity contribution is 0.312. The van der Waals surface area contributed by atoms with Crippen LogP contribution < -0.4 is 5.06 Å². The van der Waals surface area contributed by atoms with Gasteiger partial charge in [-0.15, -0.1) is 0 Å². The summed E-state index contributed by atoms with van der Waals surface area (Å²) in [4.78, 5) is 14.0. The lowest BCUT2D eigenvalue weighted by Gasteiger charge is -2.18. The number of halogens is 1. The molecule has 2 aromatic heterocycles. The van der Waals surface area contributed by atoms with Crippen molar-refractivity contribution < 1.29 is 5.21 Å². The number of rotatable bonds is 5. The normalized spacial score (nSPS) is 11.2. The molecule has 8 heteroatoms. The molecule has 3 aromatic rings. The van der Waals surface area contributed by atoms with Gasteiger partial charge in [-0.05, 0) is 38.4 Å². The first-order valence-corrected chi connectivity index (χ1v) is 8.57. The van der Waals surface area contributed by atoms with Crippen LogP contribution in [0.4, 0.5) is 5.69 Å². The Bertz CT molecular complexity index is 907. The molecular weight excluding hydrogens is 384 g/mol. The molecule has 0 bridgehead atoms. The van der Waals surface area contributed by atoms with Crippen molar-refractivity contribution in [2.75, 3.05) is 25.7 Å². The first-order chi connectivity index (χ1) is 12.0. The number of benzene rings is 1. The lowest BCUT2D eigenvalue weighted by Crippen LogP contribution is -2.27. The van der Waals surface area contributed by atoms with Crippen LogP contribution >= 0.6 is 15.9 Å². The first kappa shape index (κ1) is 17.5. The van der Waals surface area contributed by atoms with Crippen LogP contribution in [0.1, 0.15) is 11.4 Å². The van der Waals surface area contributed by atoms with E-state index in [0.717, 1.165) is 28.3 Å². The molecule has 0 aliphatic rings. The number of pyridine rings is 1. The fraction of sp³-hybridized carbons (Fsp3) is 0.235. The molecule has 1 aromatic carbocycles. The van der Waals surface area contributed by atoms with Gasteiger partial charge < -0.3 is 9.88 Å². The second-order valence-corrected chi connectivity index (χ2v) is 6.85. The zero-order valence-electron chi connectivity index (χ0n) is 14.0. The van der Waals surface area contributed by atoms with Crippen LogP contribution in [0.15, 0.2) is 41.0 Å². The minimum absolute atomic E-state index is 0.0479. The Kier molecular flexibility index (Phi) is 5.12. The monoisotopic (exact) mass is 402 g/mol. The van der Waals surface area contributed by atoms with Crippen molar-refractivity contribution in [1.82, 2.24) is 19.9 Å². The van der Waals surface area contributed by atoms with E-state index in [4.69, 9.17) is 5.41 Å². The number of anilines is 1. The SMILES string of the molecule is CN(C)CCc1nc2nccc(C(=N)N(O)c3cccc(Br)c3)c2[nH]1. The molecule has 2 heterocycles. The maximum Gasteiger partial charge on any atom is 0.178 e. The molecule has 0 saturated carbocycles. The molecule has 0 aliphatic carbocycles. The maximum atomic E-state index is 10.4. The number of hydrogen-bond donors (Lipinski definition) is 3. The van der Waals surface area contributed by atoms with Gasteiger partial charge in [0.25, 0.3) is 0 Å². The zero-order valence-corrected chi connectivity index (χ0v) is 15.6. The average molecular weight is 403 g/mol. The van der Waals surface area contributed by atoms with E-state index < -0.39 is 0 Å². The van der Waals surface area contributed by atoms with E-state index in [1.165, 1.54) is 0 Å². The molecule has 25 heavy (non-hydrogen) atoms. The standard InChI is InChI=1S/C17H19BrN6O/c1-23(2)9-7-14-21-15-13(6-8-20-17(15)22-14)16(19)24(25)12-5-3-4-11(18)10-12/h3-6,8,10,19,25H,7,9H2,1-2H3,(H,20,21,22). The Morgan fingerprint density at radius 2 is 2.12 bits per heavy atom. The van der Waals surface area contributed by atoms with E-state index in [1.54, 1.807) is 30.5 Å². The number of aromatic nitrogens is 3. The summed E-state index contributed by atoms with van der Waals surface area (Å²) in [5.74, 6) is 0.761. The number of aromatic amines is 1. The minimum Gasteiger partial charge on any atom is -0.340 e. The summed E-state index contributed by atoms with van der Waals surface area (Å²) in [5, 5.41) is 19.7. The van der Waals surface area contributed by atoms with Crippen LogP contribution in [0.2, 0.25) is 0 Å². The number of nitrogens with zero attached hydrogens (tertiary/aromatic N) is 4. The number of H-pyrrole nitrogens is 1. The van der Waals surface area contributed by atoms with Crippen LogP contribution in [0.3, 0.4) is 0 Å². The number of fused-ring (bicyclic) bond motifs is 1. The van der Waals surface area contributed by atoms with Gasteiger partial charge in [-0.1, -0.05) is 22.0 Å². The van der Waals surface area contributed by atoms with Gasteiger partial charge in [-0.2, -0.15) is 0 Å². The van der Waals surface area contributed by atoms with Gasteiger partial charge >= 0.3 is 0 Å². The van der Waals surface area contributed by atoms with Crippen LogP contribution in [0.5, 0.6) is 0 Å². The van der Waals surface area contributed by atoms with Gasteiger partial charge in [0.05, 0.1) is 11.2 Å². The average Bonchev–Trinajstić information content (AvgIpc) is 3.01. The molecule has 0 aliphatic heterocycles. The summed E-state index contributed by atoms with van der Waals surface area (Å²) in [6.45, 7) is 0.858. The van der Waals surface area contributed by atoms with Crippen molar-refractivity contribution in [3.05, 3.63) is 52.4 Å². The highest BCUT2D eigenvalue weighted by molar-refractivity contribution is 9.10. The molecule has 7 nitrogen and oxygen atoms in total. The first-order valence-electron chi connectivity index (χ1n) is 7.77. The highest BCUT2D eigenvalue weighted by atomic mass is 79.9. The van der Waals surface area contributed by atoms with E-state index in [2.05, 4.69) is 35.8 Å². The van der Waals surface area contributed by atoms with Crippen LogP contribution in [0, 0.1) is 5.41 Å². The summed E-state index contributed by atoms with van der Waals surface area (Å²) in [6.07, 6.45) is 2.35. The van der Waals surface area contributed by atoms with Crippen molar-refractivity contribution in [2.24, 2.45) is 0 Å². The van der Waals surface area contributed by atoms with Gasteiger partial charge in [0.2, 0.25) is 0 Å². The lowest BCUT2D eigenvalue weighted by atomic mass is 10.2. The van der Waals surface area contributed by atoms with Gasteiger partial charge in [0, 0.05) is 29.2 Å². The highest BCUT2D eigenvalue weighted by Gasteiger charge is 2.17. The molecule has 0 unspecified atom stereocenters. The van der Waals surface area contributed by atoms with Gasteiger partial charge in [-0.3, -0.25) is 10.6 Å². The third-order valence-electron chi connectivity index (χ3n) is 3.76. The second kappa shape index (κ2) is 7.30. The predicted molar refractivity (Wildman–Crippen MR) is 101 cm³/mol. The smallest absolute Gasteiger partial charge is 0.178 e. The second-order valence-electron chi connectivity index (χ2n) is 5.93. The molecule has 0 fully saturated rings. The number of hydrogen-bond acceptors (Lipinski definition) is 5. The van der Waals surface area contributed by atoms with Gasteiger partial charge in [-0.25, -0.2) is 15.0 Å². The zero-order chi connectivity index (χ0) is 18.0. The van der Waals surface area contributed by atoms with Crippen LogP contribution in [-0.2, 0) is 6.42 Å². The molecule has 0 amide bonds. The van der Waals surface area contributed by atoms with Crippen molar-refractivity contribution in [3.8, 4) is 0 Å². The van der Waals surface area contributed by atoms with Crippen molar-refractivity contribution in [1.29, 1.82) is 5.41 Å². The Balaban J connectivity index is 1.93. The largest absolute Gasteiger partial charge is 0.340 e. The third kappa shape index (κ3) is 3.87.